The molecule has 1 saturated heterocycles. The van der Waals surface area contributed by atoms with E-state index in [1.54, 1.807) is 4.90 Å². The van der Waals surface area contributed by atoms with Crippen molar-refractivity contribution in [1.82, 2.24) is 10.2 Å². The molecule has 1 N–H and O–H groups in total. The normalized spacial score (nSPS) is 22.7. The van der Waals surface area contributed by atoms with E-state index in [2.05, 4.69) is 36.5 Å². The third kappa shape index (κ3) is 4.94. The van der Waals surface area contributed by atoms with E-state index in [4.69, 9.17) is 9.47 Å². The number of carbonyl (C=O) groups excluding carboxylic acids is 1. The Kier molecular flexibility index (Phi) is 6.86. The molecule has 1 fully saturated rings. The maximum atomic E-state index is 11.9. The highest BCUT2D eigenvalue weighted by Crippen LogP contribution is 2.20. The fraction of sp³-hybridized carbons (Fsp3) is 0.611. The molecule has 0 aliphatic carbocycles. The van der Waals surface area contributed by atoms with Crippen LogP contribution < -0.4 is 5.32 Å². The van der Waals surface area contributed by atoms with Crippen LogP contribution in [-0.2, 0) is 9.47 Å². The van der Waals surface area contributed by atoms with Crippen molar-refractivity contribution in [3.05, 3.63) is 35.9 Å². The summed E-state index contributed by atoms with van der Waals surface area (Å²) in [6.45, 7) is 8.29. The number of rotatable bonds is 6. The van der Waals surface area contributed by atoms with Gasteiger partial charge in [-0.1, -0.05) is 30.3 Å². The fourth-order valence-corrected chi connectivity index (χ4v) is 3.03. The second-order valence-electron chi connectivity index (χ2n) is 5.83. The zero-order valence-corrected chi connectivity index (χ0v) is 14.3. The number of piperidine rings is 1. The molecule has 0 saturated carbocycles. The molecule has 5 heteroatoms. The number of likely N-dealkylation sites (tertiary alicyclic amines) is 1. The summed E-state index contributed by atoms with van der Waals surface area (Å²) in [5.74, 6) is 0. The molecule has 0 spiro atoms. The average Bonchev–Trinajstić information content (AvgIpc) is 2.57. The number of carbonyl (C=O) groups is 1. The summed E-state index contributed by atoms with van der Waals surface area (Å²) in [6.07, 6.45) is 0.608. The molecule has 0 radical (unpaired) electrons. The Morgan fingerprint density at radius 2 is 2.04 bits per heavy atom. The molecule has 1 aromatic rings. The molecule has 1 aromatic carbocycles. The number of nitrogens with one attached hydrogen (secondary N) is 1. The lowest BCUT2D eigenvalue weighted by Gasteiger charge is -2.39. The Morgan fingerprint density at radius 3 is 2.70 bits per heavy atom. The zero-order chi connectivity index (χ0) is 16.7. The largest absolute Gasteiger partial charge is 0.450 e. The van der Waals surface area contributed by atoms with Gasteiger partial charge in [0.2, 0.25) is 0 Å². The van der Waals surface area contributed by atoms with Crippen LogP contribution in [0.3, 0.4) is 0 Å². The average molecular weight is 320 g/mol. The predicted octanol–water partition coefficient (Wildman–Crippen LogP) is 2.97. The van der Waals surface area contributed by atoms with Crippen molar-refractivity contribution >= 4 is 6.09 Å². The molecule has 3 atom stereocenters. The van der Waals surface area contributed by atoms with E-state index in [0.29, 0.717) is 26.3 Å². The standard InChI is InChI=1S/C18H28N2O3/c1-4-22-17-13-20(18(21)23-5-2)12-11-16(17)19-14(3)15-9-7-6-8-10-15/h6-10,14,16-17,19H,4-5,11-13H2,1-3H3/t14?,16-,17+/m0/s1. The molecule has 1 amide bonds. The molecule has 128 valence electrons. The number of amides is 1. The van der Waals surface area contributed by atoms with Crippen molar-refractivity contribution in [3.8, 4) is 0 Å². The topological polar surface area (TPSA) is 50.8 Å². The van der Waals surface area contributed by atoms with Gasteiger partial charge in [-0.25, -0.2) is 4.79 Å². The lowest BCUT2D eigenvalue weighted by Crippen LogP contribution is -2.55. The first-order chi connectivity index (χ1) is 11.2. The first-order valence-corrected chi connectivity index (χ1v) is 8.50. The van der Waals surface area contributed by atoms with Crippen molar-refractivity contribution in [2.24, 2.45) is 0 Å². The van der Waals surface area contributed by atoms with Crippen LogP contribution in [0.4, 0.5) is 4.79 Å². The van der Waals surface area contributed by atoms with E-state index < -0.39 is 0 Å². The highest BCUT2D eigenvalue weighted by molar-refractivity contribution is 5.67. The Labute approximate surface area is 139 Å². The van der Waals surface area contributed by atoms with Crippen molar-refractivity contribution in [1.29, 1.82) is 0 Å². The second-order valence-corrected chi connectivity index (χ2v) is 5.83. The summed E-state index contributed by atoms with van der Waals surface area (Å²) in [6, 6.07) is 10.9. The van der Waals surface area contributed by atoms with Crippen LogP contribution in [0.25, 0.3) is 0 Å². The second kappa shape index (κ2) is 8.89. The van der Waals surface area contributed by atoms with Gasteiger partial charge in [-0.15, -0.1) is 0 Å². The van der Waals surface area contributed by atoms with Gasteiger partial charge < -0.3 is 19.7 Å². The molecule has 0 bridgehead atoms. The minimum Gasteiger partial charge on any atom is -0.450 e. The van der Waals surface area contributed by atoms with Crippen molar-refractivity contribution in [2.75, 3.05) is 26.3 Å². The quantitative estimate of drug-likeness (QED) is 0.875. The minimum atomic E-state index is -0.244. The Balaban J connectivity index is 1.97. The first-order valence-electron chi connectivity index (χ1n) is 8.50. The predicted molar refractivity (Wildman–Crippen MR) is 90.4 cm³/mol. The van der Waals surface area contributed by atoms with Crippen molar-refractivity contribution in [2.45, 2.75) is 45.4 Å². The molecular formula is C18H28N2O3. The Bertz CT molecular complexity index is 480. The van der Waals surface area contributed by atoms with E-state index in [-0.39, 0.29) is 24.3 Å². The van der Waals surface area contributed by atoms with Crippen LogP contribution in [0, 0.1) is 0 Å². The summed E-state index contributed by atoms with van der Waals surface area (Å²) in [4.78, 5) is 13.7. The van der Waals surface area contributed by atoms with Gasteiger partial charge in [0.15, 0.2) is 0 Å². The SMILES string of the molecule is CCOC(=O)N1CC[C@H](NC(C)c2ccccc2)[C@H](OCC)C1. The van der Waals surface area contributed by atoms with Crippen LogP contribution in [0.5, 0.6) is 0 Å². The third-order valence-electron chi connectivity index (χ3n) is 4.23. The van der Waals surface area contributed by atoms with Crippen LogP contribution in [0.2, 0.25) is 0 Å². The summed E-state index contributed by atoms with van der Waals surface area (Å²) in [5, 5.41) is 3.66. The maximum absolute atomic E-state index is 11.9. The number of hydrogen-bond acceptors (Lipinski definition) is 4. The summed E-state index contributed by atoms with van der Waals surface area (Å²) in [7, 11) is 0. The smallest absolute Gasteiger partial charge is 0.409 e. The molecule has 1 unspecified atom stereocenters. The molecule has 1 heterocycles. The molecule has 1 aliphatic heterocycles. The number of hydrogen-bond donors (Lipinski definition) is 1. The summed E-state index contributed by atoms with van der Waals surface area (Å²) >= 11 is 0. The molecular weight excluding hydrogens is 292 g/mol. The maximum Gasteiger partial charge on any atom is 0.409 e. The van der Waals surface area contributed by atoms with Gasteiger partial charge in [-0.2, -0.15) is 0 Å². The van der Waals surface area contributed by atoms with Crippen LogP contribution >= 0.6 is 0 Å². The third-order valence-corrected chi connectivity index (χ3v) is 4.23. The van der Waals surface area contributed by atoms with Crippen molar-refractivity contribution in [3.63, 3.8) is 0 Å². The zero-order valence-electron chi connectivity index (χ0n) is 14.3. The van der Waals surface area contributed by atoms with E-state index in [1.165, 1.54) is 5.56 Å². The molecule has 2 rings (SSSR count). The summed E-state index contributed by atoms with van der Waals surface area (Å²) < 4.78 is 11.0. The highest BCUT2D eigenvalue weighted by atomic mass is 16.6. The van der Waals surface area contributed by atoms with Crippen LogP contribution in [0.1, 0.15) is 38.8 Å². The first kappa shape index (κ1) is 17.8. The van der Waals surface area contributed by atoms with Gasteiger partial charge in [0.1, 0.15) is 0 Å². The van der Waals surface area contributed by atoms with Gasteiger partial charge in [0, 0.05) is 25.2 Å². The van der Waals surface area contributed by atoms with Crippen molar-refractivity contribution < 1.29 is 14.3 Å². The Hall–Kier alpha value is -1.59. The van der Waals surface area contributed by atoms with E-state index >= 15 is 0 Å². The monoisotopic (exact) mass is 320 g/mol. The van der Waals surface area contributed by atoms with Gasteiger partial charge in [0.25, 0.3) is 0 Å². The van der Waals surface area contributed by atoms with Gasteiger partial charge in [-0.05, 0) is 32.8 Å². The Morgan fingerprint density at radius 1 is 1.30 bits per heavy atom. The summed E-state index contributed by atoms with van der Waals surface area (Å²) in [5.41, 5.74) is 1.26. The molecule has 0 aromatic heterocycles. The molecule has 1 aliphatic rings. The number of nitrogens with zero attached hydrogens (tertiary/aromatic N) is 1. The van der Waals surface area contributed by atoms with E-state index in [1.807, 2.05) is 19.9 Å². The van der Waals surface area contributed by atoms with Crippen LogP contribution in [-0.4, -0.2) is 49.4 Å². The van der Waals surface area contributed by atoms with Gasteiger partial charge in [0.05, 0.1) is 19.3 Å². The van der Waals surface area contributed by atoms with E-state index in [0.717, 1.165) is 6.42 Å². The van der Waals surface area contributed by atoms with E-state index in [9.17, 15) is 4.79 Å². The fourth-order valence-electron chi connectivity index (χ4n) is 3.03. The minimum absolute atomic E-state index is 0.00989. The lowest BCUT2D eigenvalue weighted by atomic mass is 9.99. The van der Waals surface area contributed by atoms with Gasteiger partial charge >= 0.3 is 6.09 Å². The highest BCUT2D eigenvalue weighted by Gasteiger charge is 2.33. The number of benzene rings is 1. The van der Waals surface area contributed by atoms with Gasteiger partial charge in [-0.3, -0.25) is 0 Å². The van der Waals surface area contributed by atoms with Crippen LogP contribution in [0.15, 0.2) is 30.3 Å². The molecule has 23 heavy (non-hydrogen) atoms. The lowest BCUT2D eigenvalue weighted by molar-refractivity contribution is -0.0185. The molecule has 5 nitrogen and oxygen atoms in total. The number of ether oxygens (including phenoxy) is 2.